The van der Waals surface area contributed by atoms with E-state index in [1.165, 1.54) is 44.8 Å². The standard InChI is InChI=1S/C19H26N2O3/c1-24-19(23)21-13-11-20(12-14-21)18(22)17-9-7-16(8-10-17)15-5-3-2-4-6-15/h7-10,15H,2-6,11-14H2,1H3. The maximum atomic E-state index is 12.6. The predicted molar refractivity (Wildman–Crippen MR) is 92.1 cm³/mol. The second-order valence-corrected chi connectivity index (χ2v) is 6.71. The number of hydrogen-bond acceptors (Lipinski definition) is 3. The number of piperazine rings is 1. The lowest BCUT2D eigenvalue weighted by molar-refractivity contribution is 0.0599. The van der Waals surface area contributed by atoms with Gasteiger partial charge >= 0.3 is 6.09 Å². The Morgan fingerprint density at radius 2 is 1.50 bits per heavy atom. The maximum Gasteiger partial charge on any atom is 0.409 e. The second-order valence-electron chi connectivity index (χ2n) is 6.71. The molecule has 0 atom stereocenters. The van der Waals surface area contributed by atoms with Gasteiger partial charge in [0, 0.05) is 31.7 Å². The third-order valence-corrected chi connectivity index (χ3v) is 5.23. The molecule has 130 valence electrons. The third kappa shape index (κ3) is 3.71. The van der Waals surface area contributed by atoms with Crippen molar-refractivity contribution in [2.75, 3.05) is 33.3 Å². The van der Waals surface area contributed by atoms with Crippen LogP contribution in [0.1, 0.15) is 53.9 Å². The van der Waals surface area contributed by atoms with Crippen LogP contribution in [0.25, 0.3) is 0 Å². The van der Waals surface area contributed by atoms with Gasteiger partial charge in [0.15, 0.2) is 0 Å². The number of ether oxygens (including phenoxy) is 1. The summed E-state index contributed by atoms with van der Waals surface area (Å²) < 4.78 is 4.72. The van der Waals surface area contributed by atoms with Gasteiger partial charge in [0.25, 0.3) is 5.91 Å². The van der Waals surface area contributed by atoms with Crippen molar-refractivity contribution < 1.29 is 14.3 Å². The number of carbonyl (C=O) groups is 2. The van der Waals surface area contributed by atoms with Gasteiger partial charge in [0.2, 0.25) is 0 Å². The highest BCUT2D eigenvalue weighted by molar-refractivity contribution is 5.94. The molecule has 1 aromatic rings. The van der Waals surface area contributed by atoms with Crippen LogP contribution < -0.4 is 0 Å². The van der Waals surface area contributed by atoms with Crippen LogP contribution in [0.15, 0.2) is 24.3 Å². The van der Waals surface area contributed by atoms with Gasteiger partial charge in [-0.1, -0.05) is 31.4 Å². The van der Waals surface area contributed by atoms with Gasteiger partial charge in [0.05, 0.1) is 7.11 Å². The van der Waals surface area contributed by atoms with E-state index in [9.17, 15) is 9.59 Å². The molecule has 0 N–H and O–H groups in total. The normalized spacial score (nSPS) is 19.2. The fourth-order valence-corrected chi connectivity index (χ4v) is 3.74. The van der Waals surface area contributed by atoms with Gasteiger partial charge in [-0.15, -0.1) is 0 Å². The smallest absolute Gasteiger partial charge is 0.409 e. The summed E-state index contributed by atoms with van der Waals surface area (Å²) in [5, 5.41) is 0. The Bertz CT molecular complexity index is 571. The van der Waals surface area contributed by atoms with E-state index in [0.29, 0.717) is 32.1 Å². The molecule has 2 aliphatic rings. The number of nitrogens with zero attached hydrogens (tertiary/aromatic N) is 2. The lowest BCUT2D eigenvalue weighted by Crippen LogP contribution is -2.50. The van der Waals surface area contributed by atoms with Crippen molar-refractivity contribution >= 4 is 12.0 Å². The monoisotopic (exact) mass is 330 g/mol. The van der Waals surface area contributed by atoms with Crippen LogP contribution in [0.2, 0.25) is 0 Å². The molecule has 0 radical (unpaired) electrons. The Morgan fingerprint density at radius 3 is 2.08 bits per heavy atom. The first-order valence-electron chi connectivity index (χ1n) is 8.91. The number of hydrogen-bond donors (Lipinski definition) is 0. The summed E-state index contributed by atoms with van der Waals surface area (Å²) in [6.45, 7) is 2.16. The molecule has 1 aromatic carbocycles. The third-order valence-electron chi connectivity index (χ3n) is 5.23. The number of carbonyl (C=O) groups excluding carboxylic acids is 2. The summed E-state index contributed by atoms with van der Waals surface area (Å²) in [7, 11) is 1.38. The Balaban J connectivity index is 1.58. The van der Waals surface area contributed by atoms with Crippen LogP contribution in [-0.4, -0.2) is 55.1 Å². The van der Waals surface area contributed by atoms with Crippen molar-refractivity contribution in [3.63, 3.8) is 0 Å². The molecule has 0 bridgehead atoms. The van der Waals surface area contributed by atoms with E-state index in [1.54, 1.807) is 4.90 Å². The molecular weight excluding hydrogens is 304 g/mol. The zero-order valence-corrected chi connectivity index (χ0v) is 14.4. The van der Waals surface area contributed by atoms with Gasteiger partial charge in [-0.2, -0.15) is 0 Å². The van der Waals surface area contributed by atoms with Crippen molar-refractivity contribution in [2.45, 2.75) is 38.0 Å². The number of amides is 2. The van der Waals surface area contributed by atoms with Crippen LogP contribution in [0.4, 0.5) is 4.79 Å². The van der Waals surface area contributed by atoms with Crippen molar-refractivity contribution in [3.05, 3.63) is 35.4 Å². The maximum absolute atomic E-state index is 12.6. The average molecular weight is 330 g/mol. The quantitative estimate of drug-likeness (QED) is 0.836. The van der Waals surface area contributed by atoms with Crippen molar-refractivity contribution in [2.24, 2.45) is 0 Å². The molecule has 1 saturated carbocycles. The fourth-order valence-electron chi connectivity index (χ4n) is 3.74. The van der Waals surface area contributed by atoms with E-state index in [2.05, 4.69) is 12.1 Å². The van der Waals surface area contributed by atoms with E-state index in [0.717, 1.165) is 5.56 Å². The van der Waals surface area contributed by atoms with Gasteiger partial charge in [0.1, 0.15) is 0 Å². The molecule has 5 nitrogen and oxygen atoms in total. The van der Waals surface area contributed by atoms with E-state index in [-0.39, 0.29) is 12.0 Å². The summed E-state index contributed by atoms with van der Waals surface area (Å²) in [5.41, 5.74) is 2.10. The topological polar surface area (TPSA) is 49.9 Å². The summed E-state index contributed by atoms with van der Waals surface area (Å²) in [6.07, 6.45) is 6.20. The molecule has 5 heteroatoms. The molecule has 24 heavy (non-hydrogen) atoms. The molecule has 3 rings (SSSR count). The lowest BCUT2D eigenvalue weighted by atomic mass is 9.84. The molecule has 1 saturated heterocycles. The highest BCUT2D eigenvalue weighted by Gasteiger charge is 2.25. The second kappa shape index (κ2) is 7.69. The Labute approximate surface area is 143 Å². The first-order valence-corrected chi connectivity index (χ1v) is 8.91. The van der Waals surface area contributed by atoms with Crippen LogP contribution in [0.5, 0.6) is 0 Å². The van der Waals surface area contributed by atoms with Gasteiger partial charge in [-0.05, 0) is 36.5 Å². The zero-order valence-electron chi connectivity index (χ0n) is 14.4. The molecule has 1 aliphatic carbocycles. The minimum atomic E-state index is -0.320. The van der Waals surface area contributed by atoms with Crippen molar-refractivity contribution in [1.82, 2.24) is 9.80 Å². The first kappa shape index (κ1) is 16.8. The van der Waals surface area contributed by atoms with E-state index in [4.69, 9.17) is 4.74 Å². The summed E-state index contributed by atoms with van der Waals surface area (Å²) >= 11 is 0. The highest BCUT2D eigenvalue weighted by atomic mass is 16.5. The van der Waals surface area contributed by atoms with E-state index >= 15 is 0 Å². The van der Waals surface area contributed by atoms with Crippen molar-refractivity contribution in [3.8, 4) is 0 Å². The van der Waals surface area contributed by atoms with Gasteiger partial charge in [-0.25, -0.2) is 4.79 Å². The molecule has 1 heterocycles. The predicted octanol–water partition coefficient (Wildman–Crippen LogP) is 3.26. The molecule has 0 aromatic heterocycles. The van der Waals surface area contributed by atoms with Crippen LogP contribution in [0.3, 0.4) is 0 Å². The first-order chi connectivity index (χ1) is 11.7. The number of methoxy groups -OCH3 is 1. The molecule has 0 spiro atoms. The van der Waals surface area contributed by atoms with E-state index < -0.39 is 0 Å². The highest BCUT2D eigenvalue weighted by Crippen LogP contribution is 2.32. The molecule has 1 aliphatic heterocycles. The molecule has 0 unspecified atom stereocenters. The van der Waals surface area contributed by atoms with Crippen LogP contribution in [-0.2, 0) is 4.74 Å². The Morgan fingerprint density at radius 1 is 0.917 bits per heavy atom. The SMILES string of the molecule is COC(=O)N1CCN(C(=O)c2ccc(C3CCCCC3)cc2)CC1. The van der Waals surface area contributed by atoms with Crippen LogP contribution >= 0.6 is 0 Å². The van der Waals surface area contributed by atoms with Crippen LogP contribution in [0, 0.1) is 0 Å². The molecule has 2 amide bonds. The summed E-state index contributed by atoms with van der Waals surface area (Å²) in [6, 6.07) is 8.15. The minimum absolute atomic E-state index is 0.0507. The fraction of sp³-hybridized carbons (Fsp3) is 0.579. The average Bonchev–Trinajstić information content (AvgIpc) is 2.68. The van der Waals surface area contributed by atoms with Crippen molar-refractivity contribution in [1.29, 1.82) is 0 Å². The lowest BCUT2D eigenvalue weighted by Gasteiger charge is -2.33. The zero-order chi connectivity index (χ0) is 16.9. The van der Waals surface area contributed by atoms with Gasteiger partial charge in [-0.3, -0.25) is 4.79 Å². The molecule has 2 fully saturated rings. The summed E-state index contributed by atoms with van der Waals surface area (Å²) in [4.78, 5) is 27.6. The minimum Gasteiger partial charge on any atom is -0.453 e. The van der Waals surface area contributed by atoms with Gasteiger partial charge < -0.3 is 14.5 Å². The summed E-state index contributed by atoms with van der Waals surface area (Å²) in [5.74, 6) is 0.709. The number of benzene rings is 1. The van der Waals surface area contributed by atoms with E-state index in [1.807, 2.05) is 17.0 Å². The largest absolute Gasteiger partial charge is 0.453 e. The Hall–Kier alpha value is -2.04. The molecular formula is C19H26N2O3. The Kier molecular flexibility index (Phi) is 5.38. The number of rotatable bonds is 2.